The van der Waals surface area contributed by atoms with Crippen LogP contribution < -0.4 is 10.4 Å². The molecular formula is C7H11ClNO3-. The number of methoxy groups -OCH3 is 1. The first-order valence-electron chi connectivity index (χ1n) is 3.43. The van der Waals surface area contributed by atoms with Crippen molar-refractivity contribution in [2.75, 3.05) is 20.2 Å². The maximum Gasteiger partial charge on any atom is 0.334 e. The molecule has 0 fully saturated rings. The van der Waals surface area contributed by atoms with Crippen LogP contribution in [-0.2, 0) is 9.53 Å². The molecule has 0 saturated carbocycles. The third kappa shape index (κ3) is 2.39. The fourth-order valence-electron chi connectivity index (χ4n) is 0.974. The summed E-state index contributed by atoms with van der Waals surface area (Å²) >= 11 is 0. The van der Waals surface area contributed by atoms with Crippen LogP contribution in [0.1, 0.15) is 6.42 Å². The molecule has 0 saturated heterocycles. The van der Waals surface area contributed by atoms with Crippen molar-refractivity contribution < 1.29 is 14.6 Å². The first-order valence-corrected chi connectivity index (χ1v) is 3.43. The van der Waals surface area contributed by atoms with Gasteiger partial charge in [-0.2, -0.15) is 0 Å². The zero-order valence-corrected chi connectivity index (χ0v) is 7.57. The van der Waals surface area contributed by atoms with Crippen molar-refractivity contribution in [2.45, 2.75) is 6.42 Å². The maximum absolute atomic E-state index is 11.0. The fraction of sp³-hybridized carbons (Fsp3) is 0.571. The fourth-order valence-corrected chi connectivity index (χ4v) is 0.974. The first kappa shape index (κ1) is 11.3. The van der Waals surface area contributed by atoms with E-state index in [0.717, 1.165) is 0 Å². The van der Waals surface area contributed by atoms with E-state index in [0.29, 0.717) is 19.5 Å². The monoisotopic (exact) mass is 192 g/mol. The van der Waals surface area contributed by atoms with Crippen LogP contribution in [0.15, 0.2) is 11.3 Å². The lowest BCUT2D eigenvalue weighted by atomic mass is 10.1. The molecule has 0 aliphatic carbocycles. The molecule has 0 aromatic rings. The lowest BCUT2D eigenvalue weighted by molar-refractivity contribution is -0.309. The zero-order chi connectivity index (χ0) is 8.27. The number of hydrogen-bond acceptors (Lipinski definition) is 4. The van der Waals surface area contributed by atoms with Gasteiger partial charge in [-0.15, -0.1) is 18.2 Å². The van der Waals surface area contributed by atoms with Gasteiger partial charge in [0.15, 0.2) is 0 Å². The van der Waals surface area contributed by atoms with E-state index in [1.54, 1.807) is 0 Å². The van der Waals surface area contributed by atoms with Crippen LogP contribution in [0.25, 0.3) is 0 Å². The SMILES string of the molecule is COC(=O)C1=C([O-])CCNC1.Cl. The molecule has 12 heavy (non-hydrogen) atoms. The van der Waals surface area contributed by atoms with Crippen LogP contribution in [0.3, 0.4) is 0 Å². The number of nitrogens with one attached hydrogen (secondary N) is 1. The molecule has 1 aliphatic heterocycles. The van der Waals surface area contributed by atoms with Gasteiger partial charge in [-0.25, -0.2) is 4.79 Å². The largest absolute Gasteiger partial charge is 0.875 e. The molecule has 0 amide bonds. The van der Waals surface area contributed by atoms with E-state index in [4.69, 9.17) is 0 Å². The van der Waals surface area contributed by atoms with E-state index >= 15 is 0 Å². The van der Waals surface area contributed by atoms with Crippen LogP contribution in [0.4, 0.5) is 0 Å². The Balaban J connectivity index is 0.00000121. The third-order valence-electron chi connectivity index (χ3n) is 1.60. The van der Waals surface area contributed by atoms with E-state index in [2.05, 4.69) is 10.1 Å². The summed E-state index contributed by atoms with van der Waals surface area (Å²) in [6.45, 7) is 0.991. The molecule has 4 nitrogen and oxygen atoms in total. The first-order chi connectivity index (χ1) is 5.25. The molecule has 0 unspecified atom stereocenters. The van der Waals surface area contributed by atoms with E-state index < -0.39 is 5.97 Å². The van der Waals surface area contributed by atoms with Crippen molar-refractivity contribution in [3.05, 3.63) is 11.3 Å². The highest BCUT2D eigenvalue weighted by Crippen LogP contribution is 2.07. The highest BCUT2D eigenvalue weighted by Gasteiger charge is 2.12. The average Bonchev–Trinajstić information content (AvgIpc) is 2.04. The average molecular weight is 193 g/mol. The number of carbonyl (C=O) groups excluding carboxylic acids is 1. The Labute approximate surface area is 77.0 Å². The Kier molecular flexibility index (Phi) is 4.70. The van der Waals surface area contributed by atoms with Gasteiger partial charge in [0.05, 0.1) is 7.11 Å². The summed E-state index contributed by atoms with van der Waals surface area (Å²) in [6, 6.07) is 0. The molecule has 70 valence electrons. The van der Waals surface area contributed by atoms with Crippen molar-refractivity contribution >= 4 is 18.4 Å². The van der Waals surface area contributed by atoms with Gasteiger partial charge >= 0.3 is 5.97 Å². The molecule has 0 spiro atoms. The molecule has 0 atom stereocenters. The van der Waals surface area contributed by atoms with Crippen LogP contribution in [-0.4, -0.2) is 26.2 Å². The quantitative estimate of drug-likeness (QED) is 0.552. The van der Waals surface area contributed by atoms with Crippen molar-refractivity contribution in [3.63, 3.8) is 0 Å². The van der Waals surface area contributed by atoms with Gasteiger partial charge in [0.25, 0.3) is 0 Å². The van der Waals surface area contributed by atoms with E-state index in [-0.39, 0.29) is 23.7 Å². The topological polar surface area (TPSA) is 61.4 Å². The van der Waals surface area contributed by atoms with Crippen molar-refractivity contribution in [1.82, 2.24) is 5.32 Å². The molecule has 1 aliphatic rings. The van der Waals surface area contributed by atoms with Crippen LogP contribution in [0.2, 0.25) is 0 Å². The van der Waals surface area contributed by atoms with Gasteiger partial charge in [0.2, 0.25) is 0 Å². The zero-order valence-electron chi connectivity index (χ0n) is 6.75. The molecular weight excluding hydrogens is 182 g/mol. The van der Waals surface area contributed by atoms with Crippen molar-refractivity contribution in [2.24, 2.45) is 0 Å². The molecule has 0 aromatic carbocycles. The second-order valence-electron chi connectivity index (χ2n) is 2.32. The van der Waals surface area contributed by atoms with Gasteiger partial charge < -0.3 is 15.2 Å². The Bertz CT molecular complexity index is 203. The van der Waals surface area contributed by atoms with E-state index in [1.165, 1.54) is 7.11 Å². The van der Waals surface area contributed by atoms with Crippen molar-refractivity contribution in [1.29, 1.82) is 0 Å². The highest BCUT2D eigenvalue weighted by molar-refractivity contribution is 5.89. The summed E-state index contributed by atoms with van der Waals surface area (Å²) in [6.07, 6.45) is 0.393. The van der Waals surface area contributed by atoms with Crippen LogP contribution in [0, 0.1) is 0 Å². The Morgan fingerprint density at radius 1 is 1.67 bits per heavy atom. The summed E-state index contributed by atoms with van der Waals surface area (Å²) < 4.78 is 4.42. The molecule has 1 N–H and O–H groups in total. The molecule has 1 rings (SSSR count). The van der Waals surface area contributed by atoms with Crippen molar-refractivity contribution in [3.8, 4) is 0 Å². The van der Waals surface area contributed by atoms with Gasteiger partial charge in [-0.1, -0.05) is 0 Å². The maximum atomic E-state index is 11.0. The summed E-state index contributed by atoms with van der Waals surface area (Å²) in [5, 5.41) is 13.9. The van der Waals surface area contributed by atoms with E-state index in [9.17, 15) is 9.90 Å². The van der Waals surface area contributed by atoms with Gasteiger partial charge in [-0.3, -0.25) is 0 Å². The number of carbonyl (C=O) groups is 1. The minimum Gasteiger partial charge on any atom is -0.875 e. The number of hydrogen-bond donors (Lipinski definition) is 1. The van der Waals surface area contributed by atoms with Gasteiger partial charge in [0, 0.05) is 12.1 Å². The standard InChI is InChI=1S/C7H11NO3.ClH/c1-11-7(10)5-4-8-3-2-6(5)9;/h8-9H,2-4H2,1H3;1H/p-1. The minimum atomic E-state index is -0.512. The summed E-state index contributed by atoms with van der Waals surface area (Å²) in [5.41, 5.74) is 0.235. The number of esters is 1. The minimum absolute atomic E-state index is 0. The Morgan fingerprint density at radius 3 is 2.83 bits per heavy atom. The lowest BCUT2D eigenvalue weighted by Gasteiger charge is -2.23. The number of halogens is 1. The summed E-state index contributed by atoms with van der Waals surface area (Å²) in [4.78, 5) is 10.9. The molecule has 0 aromatic heterocycles. The predicted octanol–water partition coefficient (Wildman–Crippen LogP) is -0.811. The van der Waals surface area contributed by atoms with E-state index in [1.807, 2.05) is 0 Å². The highest BCUT2D eigenvalue weighted by atomic mass is 35.5. The molecule has 0 radical (unpaired) electrons. The second-order valence-corrected chi connectivity index (χ2v) is 2.32. The summed E-state index contributed by atoms with van der Waals surface area (Å²) in [5.74, 6) is -0.613. The smallest absolute Gasteiger partial charge is 0.334 e. The van der Waals surface area contributed by atoms with Gasteiger partial charge in [0.1, 0.15) is 0 Å². The third-order valence-corrected chi connectivity index (χ3v) is 1.60. The predicted molar refractivity (Wildman–Crippen MR) is 43.8 cm³/mol. The Morgan fingerprint density at radius 2 is 2.33 bits per heavy atom. The number of ether oxygens (including phenoxy) is 1. The lowest BCUT2D eigenvalue weighted by Crippen LogP contribution is -2.32. The van der Waals surface area contributed by atoms with Gasteiger partial charge in [-0.05, 0) is 13.0 Å². The molecule has 1 heterocycles. The second kappa shape index (κ2) is 5.00. The van der Waals surface area contributed by atoms with Crippen LogP contribution >= 0.6 is 12.4 Å². The van der Waals surface area contributed by atoms with Crippen LogP contribution in [0.5, 0.6) is 0 Å². The molecule has 5 heteroatoms. The Hall–Kier alpha value is -0.740. The molecule has 0 bridgehead atoms. The summed E-state index contributed by atoms with van der Waals surface area (Å²) in [7, 11) is 1.28. The number of rotatable bonds is 1. The normalized spacial score (nSPS) is 16.8.